The van der Waals surface area contributed by atoms with E-state index in [0.29, 0.717) is 28.4 Å². The third-order valence-corrected chi connectivity index (χ3v) is 10.4. The van der Waals surface area contributed by atoms with Crippen molar-refractivity contribution < 1.29 is 50.6 Å². The number of aliphatic hydroxyl groups is 1. The maximum Gasteiger partial charge on any atom is 0.415 e. The highest BCUT2D eigenvalue weighted by Gasteiger charge is 2.32. The van der Waals surface area contributed by atoms with Gasteiger partial charge in [-0.15, -0.1) is 0 Å². The van der Waals surface area contributed by atoms with E-state index in [2.05, 4.69) is 10.5 Å². The van der Waals surface area contributed by atoms with Crippen LogP contribution in [0.15, 0.2) is 79.3 Å². The minimum atomic E-state index is -3.89. The van der Waals surface area contributed by atoms with Gasteiger partial charge in [-0.05, 0) is 55.7 Å². The Kier molecular flexibility index (Phi) is 9.85. The molecule has 3 aromatic heterocycles. The van der Waals surface area contributed by atoms with Crippen LogP contribution in [0.2, 0.25) is 0 Å². The maximum atomic E-state index is 13.6. The zero-order valence-electron chi connectivity index (χ0n) is 27.4. The molecular weight excluding hydrogens is 658 g/mol. The summed E-state index contributed by atoms with van der Waals surface area (Å²) in [4.78, 5) is 14.9. The molecule has 1 amide bonds. The zero-order chi connectivity index (χ0) is 34.7. The first-order valence-corrected chi connectivity index (χ1v) is 17.1. The summed E-state index contributed by atoms with van der Waals surface area (Å²) in [5.74, 6) is 2.11. The summed E-state index contributed by atoms with van der Waals surface area (Å²) in [5, 5.41) is 17.5. The van der Waals surface area contributed by atoms with Crippen LogP contribution in [-0.2, 0) is 23.0 Å². The number of amides is 1. The summed E-state index contributed by atoms with van der Waals surface area (Å²) >= 11 is 0. The van der Waals surface area contributed by atoms with Gasteiger partial charge < -0.3 is 42.3 Å². The molecule has 0 aliphatic carbocycles. The van der Waals surface area contributed by atoms with E-state index < -0.39 is 27.4 Å². The minimum absolute atomic E-state index is 0.0186. The van der Waals surface area contributed by atoms with Gasteiger partial charge in [0.05, 0.1) is 35.1 Å². The number of aliphatic hydroxyl groups excluding tert-OH is 1. The number of furan rings is 2. The number of rotatable bonds is 14. The highest BCUT2D eigenvalue weighted by Crippen LogP contribution is 2.35. The largest absolute Gasteiger partial charge is 0.489 e. The average Bonchev–Trinajstić information content (AvgIpc) is 3.87. The molecule has 0 fully saturated rings. The Morgan fingerprint density at radius 3 is 2.57 bits per heavy atom. The van der Waals surface area contributed by atoms with Crippen molar-refractivity contribution in [2.75, 3.05) is 19.9 Å². The SMILES string of the molecule is Cc1noc(C)c1COc1ccc(CN(C[C@H](O)CN[C@H](C(C)C)S(=O)(=O)c2ccc3c(c2)OCO3)C(=O)Oc2coc3occc23)cc1. The van der Waals surface area contributed by atoms with Crippen LogP contribution in [0, 0.1) is 19.8 Å². The number of hydrogen-bond donors (Lipinski definition) is 2. The molecule has 0 saturated carbocycles. The Hall–Kier alpha value is -4.99. The molecule has 2 N–H and O–H groups in total. The van der Waals surface area contributed by atoms with Gasteiger partial charge in [0, 0.05) is 19.2 Å². The summed E-state index contributed by atoms with van der Waals surface area (Å²) in [6, 6.07) is 13.2. The van der Waals surface area contributed by atoms with Crippen molar-refractivity contribution in [2.24, 2.45) is 5.92 Å². The Balaban J connectivity index is 1.14. The fraction of sp³-hybridized carbons (Fsp3) is 0.353. The van der Waals surface area contributed by atoms with Crippen LogP contribution in [0.25, 0.3) is 11.2 Å². The third kappa shape index (κ3) is 7.53. The number of fused-ring (bicyclic) bond motifs is 2. The predicted octanol–water partition coefficient (Wildman–Crippen LogP) is 5.35. The van der Waals surface area contributed by atoms with E-state index in [4.69, 9.17) is 32.3 Å². The lowest BCUT2D eigenvalue weighted by atomic mass is 10.2. The third-order valence-electron chi connectivity index (χ3n) is 8.08. The lowest BCUT2D eigenvalue weighted by molar-refractivity contribution is 0.0957. The second-order valence-corrected chi connectivity index (χ2v) is 14.1. The van der Waals surface area contributed by atoms with Gasteiger partial charge in [0.15, 0.2) is 27.1 Å². The Morgan fingerprint density at radius 2 is 1.84 bits per heavy atom. The number of sulfone groups is 1. The smallest absolute Gasteiger partial charge is 0.415 e. The number of aromatic nitrogens is 1. The van der Waals surface area contributed by atoms with Gasteiger partial charge in [-0.2, -0.15) is 0 Å². The van der Waals surface area contributed by atoms with E-state index in [0.717, 1.165) is 16.8 Å². The maximum absolute atomic E-state index is 13.6. The van der Waals surface area contributed by atoms with Gasteiger partial charge in [-0.25, -0.2) is 13.2 Å². The molecule has 0 saturated heterocycles. The van der Waals surface area contributed by atoms with E-state index in [-0.39, 0.29) is 55.4 Å². The first-order valence-electron chi connectivity index (χ1n) is 15.6. The topological polar surface area (TPSA) is 176 Å². The van der Waals surface area contributed by atoms with Crippen molar-refractivity contribution in [3.63, 3.8) is 0 Å². The molecule has 49 heavy (non-hydrogen) atoms. The van der Waals surface area contributed by atoms with Crippen molar-refractivity contribution in [1.29, 1.82) is 0 Å². The summed E-state index contributed by atoms with van der Waals surface area (Å²) in [6.45, 7) is 7.25. The summed E-state index contributed by atoms with van der Waals surface area (Å²) < 4.78 is 65.2. The van der Waals surface area contributed by atoms with Gasteiger partial charge >= 0.3 is 11.9 Å². The van der Waals surface area contributed by atoms with E-state index in [1.807, 2.05) is 13.8 Å². The molecule has 260 valence electrons. The van der Waals surface area contributed by atoms with Gasteiger partial charge in [-0.1, -0.05) is 31.1 Å². The van der Waals surface area contributed by atoms with Crippen molar-refractivity contribution in [2.45, 2.75) is 57.2 Å². The molecule has 1 aliphatic heterocycles. The summed E-state index contributed by atoms with van der Waals surface area (Å²) in [5.41, 5.74) is 2.36. The molecule has 1 aliphatic rings. The fourth-order valence-electron chi connectivity index (χ4n) is 5.43. The van der Waals surface area contributed by atoms with Crippen LogP contribution in [0.4, 0.5) is 4.79 Å². The number of nitrogens with zero attached hydrogens (tertiary/aromatic N) is 2. The van der Waals surface area contributed by atoms with Crippen LogP contribution in [0.1, 0.15) is 36.4 Å². The molecule has 2 aromatic carbocycles. The first kappa shape index (κ1) is 33.9. The quantitative estimate of drug-likeness (QED) is 0.152. The second kappa shape index (κ2) is 14.2. The molecule has 5 aromatic rings. The summed E-state index contributed by atoms with van der Waals surface area (Å²) in [6.07, 6.45) is 0.755. The fourth-order valence-corrected chi connectivity index (χ4v) is 7.29. The number of ether oxygens (including phenoxy) is 4. The van der Waals surface area contributed by atoms with Gasteiger partial charge in [0.1, 0.15) is 35.1 Å². The molecule has 0 unspecified atom stereocenters. The van der Waals surface area contributed by atoms with Crippen LogP contribution in [0.3, 0.4) is 0 Å². The van der Waals surface area contributed by atoms with Crippen molar-refractivity contribution in [3.8, 4) is 23.0 Å². The average molecular weight is 696 g/mol. The second-order valence-electron chi connectivity index (χ2n) is 12.0. The Bertz CT molecular complexity index is 1990. The number of nitrogens with one attached hydrogen (secondary N) is 1. The van der Waals surface area contributed by atoms with Crippen LogP contribution in [-0.4, -0.2) is 61.0 Å². The Morgan fingerprint density at radius 1 is 1.06 bits per heavy atom. The van der Waals surface area contributed by atoms with Gasteiger partial charge in [-0.3, -0.25) is 5.32 Å². The van der Waals surface area contributed by atoms with Gasteiger partial charge in [0.25, 0.3) is 0 Å². The molecule has 2 atom stereocenters. The number of aryl methyl sites for hydroxylation is 2. The predicted molar refractivity (Wildman–Crippen MR) is 174 cm³/mol. The van der Waals surface area contributed by atoms with Crippen LogP contribution >= 0.6 is 0 Å². The molecule has 14 nitrogen and oxygen atoms in total. The Labute approximate surface area is 282 Å². The first-order chi connectivity index (χ1) is 23.5. The van der Waals surface area contributed by atoms with Crippen molar-refractivity contribution >= 4 is 27.1 Å². The lowest BCUT2D eigenvalue weighted by Crippen LogP contribution is -2.47. The molecule has 15 heteroatoms. The summed E-state index contributed by atoms with van der Waals surface area (Å²) in [7, 11) is -3.89. The molecule has 4 heterocycles. The van der Waals surface area contributed by atoms with E-state index in [1.165, 1.54) is 29.6 Å². The number of benzene rings is 2. The highest BCUT2D eigenvalue weighted by atomic mass is 32.2. The molecular formula is C34H37N3O11S. The molecule has 0 radical (unpaired) electrons. The van der Waals surface area contributed by atoms with Gasteiger partial charge in [0.2, 0.25) is 6.79 Å². The van der Waals surface area contributed by atoms with E-state index in [9.17, 15) is 18.3 Å². The number of carbonyl (C=O) groups excluding carboxylic acids is 1. The van der Waals surface area contributed by atoms with Crippen molar-refractivity contribution in [3.05, 3.63) is 83.6 Å². The lowest BCUT2D eigenvalue weighted by Gasteiger charge is -2.27. The molecule has 0 bridgehead atoms. The highest BCUT2D eigenvalue weighted by molar-refractivity contribution is 7.92. The van der Waals surface area contributed by atoms with E-state index >= 15 is 0 Å². The van der Waals surface area contributed by atoms with Crippen LogP contribution < -0.4 is 24.3 Å². The number of carbonyl (C=O) groups is 1. The molecule has 6 rings (SSSR count). The minimum Gasteiger partial charge on any atom is -0.489 e. The molecule has 0 spiro atoms. The van der Waals surface area contributed by atoms with E-state index in [1.54, 1.807) is 50.2 Å². The normalized spacial score (nSPS) is 13.9. The van der Waals surface area contributed by atoms with Crippen molar-refractivity contribution in [1.82, 2.24) is 15.4 Å². The number of hydrogen-bond acceptors (Lipinski definition) is 13. The zero-order valence-corrected chi connectivity index (χ0v) is 28.2. The standard InChI is InChI=1S/C34H37N3O11S/c1-20(2)32(49(40,41)26-9-10-29-30(13-26)46-19-45-29)35-14-24(38)16-37(34(39)47-31-18-44-33-27(31)11-12-42-33)15-23-5-7-25(8-6-23)43-17-28-21(3)36-48-22(28)4/h5-13,18,20,24,32,35,38H,14-17,19H2,1-4H3/t24-,32+/m1/s1. The monoisotopic (exact) mass is 695 g/mol. The van der Waals surface area contributed by atoms with Crippen LogP contribution in [0.5, 0.6) is 23.0 Å².